The topological polar surface area (TPSA) is 106 Å². The van der Waals surface area contributed by atoms with Gasteiger partial charge in [-0.2, -0.15) is 0 Å². The molecule has 9 heteroatoms. The number of aromatic nitrogens is 3. The van der Waals surface area contributed by atoms with Crippen LogP contribution < -0.4 is 16.2 Å². The second-order valence-corrected chi connectivity index (χ2v) is 9.41. The van der Waals surface area contributed by atoms with E-state index in [4.69, 9.17) is 4.98 Å². The van der Waals surface area contributed by atoms with Crippen LogP contribution in [-0.2, 0) is 16.9 Å². The first-order valence-corrected chi connectivity index (χ1v) is 11.4. The van der Waals surface area contributed by atoms with Gasteiger partial charge in [0.1, 0.15) is 11.2 Å². The summed E-state index contributed by atoms with van der Waals surface area (Å²) in [6.07, 6.45) is 4.71. The van der Waals surface area contributed by atoms with Gasteiger partial charge in [0.15, 0.2) is 9.84 Å². The van der Waals surface area contributed by atoms with Gasteiger partial charge in [-0.25, -0.2) is 18.4 Å². The predicted molar refractivity (Wildman–Crippen MR) is 113 cm³/mol. The average molecular weight is 414 g/mol. The van der Waals surface area contributed by atoms with Gasteiger partial charge in [0.05, 0.1) is 22.4 Å². The average Bonchev–Trinajstić information content (AvgIpc) is 2.71. The van der Waals surface area contributed by atoms with Crippen molar-refractivity contribution in [1.82, 2.24) is 19.9 Å². The largest absolute Gasteiger partial charge is 0.365 e. The van der Waals surface area contributed by atoms with E-state index in [1.165, 1.54) is 17.2 Å². The Morgan fingerprint density at radius 1 is 1.24 bits per heavy atom. The molecule has 2 aromatic heterocycles. The number of sulfone groups is 1. The van der Waals surface area contributed by atoms with Crippen LogP contribution in [-0.4, -0.2) is 48.3 Å². The lowest BCUT2D eigenvalue weighted by Crippen LogP contribution is -2.39. The second-order valence-electron chi connectivity index (χ2n) is 7.40. The van der Waals surface area contributed by atoms with E-state index < -0.39 is 9.84 Å². The van der Waals surface area contributed by atoms with Crippen LogP contribution in [0.4, 0.5) is 5.82 Å². The van der Waals surface area contributed by atoms with Gasteiger partial charge in [-0.3, -0.25) is 4.79 Å². The van der Waals surface area contributed by atoms with Crippen molar-refractivity contribution in [2.75, 3.05) is 24.7 Å². The van der Waals surface area contributed by atoms with Crippen molar-refractivity contribution in [3.05, 3.63) is 47.0 Å². The van der Waals surface area contributed by atoms with Crippen molar-refractivity contribution in [1.29, 1.82) is 0 Å². The Morgan fingerprint density at radius 3 is 2.66 bits per heavy atom. The molecule has 29 heavy (non-hydrogen) atoms. The van der Waals surface area contributed by atoms with Crippen molar-refractivity contribution in [2.24, 2.45) is 7.05 Å². The normalized spacial score (nSPS) is 17.4. The van der Waals surface area contributed by atoms with Crippen molar-refractivity contribution in [2.45, 2.75) is 23.8 Å². The number of benzene rings is 1. The summed E-state index contributed by atoms with van der Waals surface area (Å²) in [5.41, 5.74) is 1.78. The van der Waals surface area contributed by atoms with Crippen molar-refractivity contribution in [3.8, 4) is 11.3 Å². The Kier molecular flexibility index (Phi) is 5.10. The molecule has 0 amide bonds. The Labute approximate surface area is 168 Å². The smallest absolute Gasteiger partial charge is 0.264 e. The number of hydrogen-bond acceptors (Lipinski definition) is 7. The first-order valence-electron chi connectivity index (χ1n) is 9.47. The van der Waals surface area contributed by atoms with Gasteiger partial charge in [0.25, 0.3) is 5.56 Å². The highest BCUT2D eigenvalue weighted by Gasteiger charge is 2.18. The van der Waals surface area contributed by atoms with Crippen LogP contribution in [0.2, 0.25) is 0 Å². The maximum atomic E-state index is 12.8. The van der Waals surface area contributed by atoms with Gasteiger partial charge >= 0.3 is 0 Å². The number of nitrogens with zero attached hydrogens (tertiary/aromatic N) is 3. The molecule has 0 bridgehead atoms. The summed E-state index contributed by atoms with van der Waals surface area (Å²) in [5.74, 6) is 0.507. The molecule has 3 heterocycles. The molecule has 1 unspecified atom stereocenters. The van der Waals surface area contributed by atoms with Gasteiger partial charge in [-0.15, -0.1) is 0 Å². The van der Waals surface area contributed by atoms with Crippen LogP contribution in [0.3, 0.4) is 0 Å². The minimum Gasteiger partial charge on any atom is -0.365 e. The van der Waals surface area contributed by atoms with E-state index in [2.05, 4.69) is 15.6 Å². The fraction of sp³-hybridized carbons (Fsp3) is 0.350. The Balaban J connectivity index is 1.83. The number of hydrogen-bond donors (Lipinski definition) is 2. The fourth-order valence-corrected chi connectivity index (χ4v) is 4.15. The lowest BCUT2D eigenvalue weighted by molar-refractivity contribution is 0.479. The minimum absolute atomic E-state index is 0.159. The van der Waals surface area contributed by atoms with E-state index >= 15 is 0 Å². The van der Waals surface area contributed by atoms with Crippen LogP contribution in [0.1, 0.15) is 12.8 Å². The van der Waals surface area contributed by atoms with E-state index in [0.717, 1.165) is 31.5 Å². The molecular weight excluding hydrogens is 390 g/mol. The van der Waals surface area contributed by atoms with Crippen molar-refractivity contribution in [3.63, 3.8) is 0 Å². The van der Waals surface area contributed by atoms with Crippen molar-refractivity contribution >= 4 is 26.6 Å². The summed E-state index contributed by atoms with van der Waals surface area (Å²) in [7, 11) is -1.61. The lowest BCUT2D eigenvalue weighted by atomic mass is 10.1. The Hall–Kier alpha value is -2.78. The van der Waals surface area contributed by atoms with E-state index in [1.54, 1.807) is 37.4 Å². The number of aryl methyl sites for hydroxylation is 1. The van der Waals surface area contributed by atoms with Crippen molar-refractivity contribution < 1.29 is 8.42 Å². The van der Waals surface area contributed by atoms with E-state index in [0.29, 0.717) is 22.4 Å². The summed E-state index contributed by atoms with van der Waals surface area (Å²) in [6.45, 7) is 1.79. The molecule has 1 aromatic carbocycles. The number of anilines is 1. The highest BCUT2D eigenvalue weighted by Crippen LogP contribution is 2.26. The van der Waals surface area contributed by atoms with Gasteiger partial charge in [-0.05, 0) is 37.6 Å². The minimum atomic E-state index is -3.27. The summed E-state index contributed by atoms with van der Waals surface area (Å²) in [6, 6.07) is 8.50. The SMILES string of the molecule is Cn1cnc2cc(-c3ccc(S(C)(=O)=O)cc3)nc(NC3CCCNC3)c2c1=O. The maximum absolute atomic E-state index is 12.8. The lowest BCUT2D eigenvalue weighted by Gasteiger charge is -2.25. The fourth-order valence-electron chi connectivity index (χ4n) is 3.52. The highest BCUT2D eigenvalue weighted by atomic mass is 32.2. The summed E-state index contributed by atoms with van der Waals surface area (Å²) < 4.78 is 24.9. The first-order chi connectivity index (χ1) is 13.8. The van der Waals surface area contributed by atoms with Crippen LogP contribution in [0, 0.1) is 0 Å². The molecule has 1 aliphatic rings. The van der Waals surface area contributed by atoms with Gasteiger partial charge in [0.2, 0.25) is 0 Å². The molecule has 1 aliphatic heterocycles. The third-order valence-electron chi connectivity index (χ3n) is 5.12. The molecule has 152 valence electrons. The van der Waals surface area contributed by atoms with Crippen LogP contribution in [0.25, 0.3) is 22.2 Å². The molecule has 4 rings (SSSR count). The van der Waals surface area contributed by atoms with Gasteiger partial charge < -0.3 is 15.2 Å². The molecular formula is C20H23N5O3S. The third kappa shape index (κ3) is 4.01. The van der Waals surface area contributed by atoms with Crippen LogP contribution in [0.15, 0.2) is 46.3 Å². The third-order valence-corrected chi connectivity index (χ3v) is 6.25. The monoisotopic (exact) mass is 413 g/mol. The van der Waals surface area contributed by atoms with E-state index in [-0.39, 0.29) is 16.5 Å². The maximum Gasteiger partial charge on any atom is 0.264 e. The molecule has 0 radical (unpaired) electrons. The van der Waals surface area contributed by atoms with E-state index in [1.807, 2.05) is 0 Å². The zero-order valence-corrected chi connectivity index (χ0v) is 17.2. The van der Waals surface area contributed by atoms with E-state index in [9.17, 15) is 13.2 Å². The number of rotatable bonds is 4. The second kappa shape index (κ2) is 7.57. The highest BCUT2D eigenvalue weighted by molar-refractivity contribution is 7.90. The molecule has 1 fully saturated rings. The van der Waals surface area contributed by atoms with Gasteiger partial charge in [-0.1, -0.05) is 12.1 Å². The number of piperidine rings is 1. The Bertz CT molecular complexity index is 1210. The quantitative estimate of drug-likeness (QED) is 0.669. The summed E-state index contributed by atoms with van der Waals surface area (Å²) >= 11 is 0. The molecule has 2 N–H and O–H groups in total. The van der Waals surface area contributed by atoms with Crippen LogP contribution in [0.5, 0.6) is 0 Å². The predicted octanol–water partition coefficient (Wildman–Crippen LogP) is 1.56. The Morgan fingerprint density at radius 2 is 2.00 bits per heavy atom. The molecule has 8 nitrogen and oxygen atoms in total. The standard InChI is InChI=1S/C20H23N5O3S/c1-25-12-22-17-10-16(13-5-7-15(8-6-13)29(2,27)28)24-19(18(17)20(25)26)23-14-4-3-9-21-11-14/h5-8,10,12,14,21H,3-4,9,11H2,1-2H3,(H,23,24). The molecule has 1 atom stereocenters. The molecule has 0 aliphatic carbocycles. The zero-order chi connectivity index (χ0) is 20.6. The first kappa shape index (κ1) is 19.5. The number of nitrogens with one attached hydrogen (secondary N) is 2. The van der Waals surface area contributed by atoms with Gasteiger partial charge in [0, 0.05) is 31.5 Å². The molecule has 0 spiro atoms. The summed E-state index contributed by atoms with van der Waals surface area (Å²) in [5, 5.41) is 7.22. The molecule has 3 aromatic rings. The summed E-state index contributed by atoms with van der Waals surface area (Å²) in [4.78, 5) is 22.1. The molecule has 1 saturated heterocycles. The van der Waals surface area contributed by atoms with Crippen LogP contribution >= 0.6 is 0 Å². The zero-order valence-electron chi connectivity index (χ0n) is 16.3. The number of fused-ring (bicyclic) bond motifs is 1. The molecule has 0 saturated carbocycles. The number of pyridine rings is 1.